The molecule has 0 radical (unpaired) electrons. The van der Waals surface area contributed by atoms with Gasteiger partial charge in [0.2, 0.25) is 0 Å². The van der Waals surface area contributed by atoms with Crippen LogP contribution in [0, 0.1) is 6.92 Å². The fourth-order valence-electron chi connectivity index (χ4n) is 1.97. The molecule has 1 fully saturated rings. The van der Waals surface area contributed by atoms with Gasteiger partial charge in [-0.3, -0.25) is 4.79 Å². The molecule has 1 saturated heterocycles. The van der Waals surface area contributed by atoms with E-state index in [2.05, 4.69) is 26.2 Å². The van der Waals surface area contributed by atoms with E-state index in [-0.39, 0.29) is 18.1 Å². The van der Waals surface area contributed by atoms with Crippen LogP contribution in [0.15, 0.2) is 16.7 Å². The summed E-state index contributed by atoms with van der Waals surface area (Å²) in [5, 5.41) is 3.08. The number of methoxy groups -OCH3 is 1. The number of carbonyl (C=O) groups is 1. The standard InChI is InChI=1S/C12H15BrN2O3/c1-7-3-8(5-11(13)15-7)18-9-4-10(14-6-9)12(16)17-2/h3,5,9-10,14H,4,6H2,1-2H3. The Morgan fingerprint density at radius 1 is 1.56 bits per heavy atom. The number of rotatable bonds is 3. The summed E-state index contributed by atoms with van der Waals surface area (Å²) in [4.78, 5) is 15.6. The van der Waals surface area contributed by atoms with Crippen LogP contribution >= 0.6 is 15.9 Å². The van der Waals surface area contributed by atoms with E-state index in [0.29, 0.717) is 13.0 Å². The minimum absolute atomic E-state index is 0.0252. The Kier molecular flexibility index (Phi) is 4.19. The first-order valence-electron chi connectivity index (χ1n) is 5.70. The molecule has 0 amide bonds. The highest BCUT2D eigenvalue weighted by atomic mass is 79.9. The van der Waals surface area contributed by atoms with Crippen molar-refractivity contribution in [3.05, 3.63) is 22.4 Å². The Labute approximate surface area is 114 Å². The van der Waals surface area contributed by atoms with Gasteiger partial charge < -0.3 is 14.8 Å². The smallest absolute Gasteiger partial charge is 0.323 e. The molecular weight excluding hydrogens is 300 g/mol. The molecule has 2 unspecified atom stereocenters. The maximum absolute atomic E-state index is 11.4. The number of aromatic nitrogens is 1. The second-order valence-electron chi connectivity index (χ2n) is 4.23. The first kappa shape index (κ1) is 13.3. The van der Waals surface area contributed by atoms with Crippen LogP contribution in [0.25, 0.3) is 0 Å². The van der Waals surface area contributed by atoms with Gasteiger partial charge in [0.1, 0.15) is 22.5 Å². The minimum Gasteiger partial charge on any atom is -0.489 e. The van der Waals surface area contributed by atoms with Crippen LogP contribution in [0.5, 0.6) is 5.75 Å². The first-order chi connectivity index (χ1) is 8.58. The monoisotopic (exact) mass is 314 g/mol. The number of pyridine rings is 1. The van der Waals surface area contributed by atoms with Crippen molar-refractivity contribution in [2.24, 2.45) is 0 Å². The average Bonchev–Trinajstić information content (AvgIpc) is 2.75. The summed E-state index contributed by atoms with van der Waals surface area (Å²) in [5.74, 6) is 0.514. The molecule has 6 heteroatoms. The molecule has 2 atom stereocenters. The quantitative estimate of drug-likeness (QED) is 0.675. The van der Waals surface area contributed by atoms with Gasteiger partial charge in [-0.25, -0.2) is 4.98 Å². The Balaban J connectivity index is 1.97. The molecule has 0 aliphatic carbocycles. The third-order valence-corrected chi connectivity index (χ3v) is 3.18. The number of halogens is 1. The minimum atomic E-state index is -0.272. The van der Waals surface area contributed by atoms with Crippen molar-refractivity contribution in [2.45, 2.75) is 25.5 Å². The topological polar surface area (TPSA) is 60.5 Å². The van der Waals surface area contributed by atoms with E-state index < -0.39 is 0 Å². The zero-order chi connectivity index (χ0) is 13.1. The third-order valence-electron chi connectivity index (χ3n) is 2.77. The number of aryl methyl sites for hydroxylation is 1. The van der Waals surface area contributed by atoms with Gasteiger partial charge in [0.15, 0.2) is 0 Å². The molecular formula is C12H15BrN2O3. The fourth-order valence-corrected chi connectivity index (χ4v) is 2.48. The Morgan fingerprint density at radius 2 is 2.33 bits per heavy atom. The third kappa shape index (κ3) is 3.20. The number of hydrogen-bond acceptors (Lipinski definition) is 5. The first-order valence-corrected chi connectivity index (χ1v) is 6.50. The number of hydrogen-bond donors (Lipinski definition) is 1. The molecule has 0 saturated carbocycles. The molecule has 5 nitrogen and oxygen atoms in total. The van der Waals surface area contributed by atoms with Crippen LogP contribution < -0.4 is 10.1 Å². The zero-order valence-corrected chi connectivity index (χ0v) is 11.9. The molecule has 1 aliphatic rings. The van der Waals surface area contributed by atoms with Crippen LogP contribution in [0.3, 0.4) is 0 Å². The molecule has 98 valence electrons. The molecule has 1 aromatic rings. The van der Waals surface area contributed by atoms with Crippen molar-refractivity contribution >= 4 is 21.9 Å². The lowest BCUT2D eigenvalue weighted by molar-refractivity contribution is -0.142. The second kappa shape index (κ2) is 5.67. The molecule has 1 aliphatic heterocycles. The van der Waals surface area contributed by atoms with Gasteiger partial charge in [-0.15, -0.1) is 0 Å². The summed E-state index contributed by atoms with van der Waals surface area (Å²) in [7, 11) is 1.39. The highest BCUT2D eigenvalue weighted by molar-refractivity contribution is 9.10. The molecule has 2 rings (SSSR count). The maximum atomic E-state index is 11.4. The van der Waals surface area contributed by atoms with Crippen molar-refractivity contribution in [1.82, 2.24) is 10.3 Å². The van der Waals surface area contributed by atoms with Crippen LogP contribution in [-0.2, 0) is 9.53 Å². The zero-order valence-electron chi connectivity index (χ0n) is 10.3. The van der Waals surface area contributed by atoms with E-state index in [1.165, 1.54) is 7.11 Å². The molecule has 2 heterocycles. The Hall–Kier alpha value is -1.14. The summed E-state index contributed by atoms with van der Waals surface area (Å²) in [5.41, 5.74) is 0.884. The highest BCUT2D eigenvalue weighted by Crippen LogP contribution is 2.21. The van der Waals surface area contributed by atoms with E-state index in [0.717, 1.165) is 16.0 Å². The van der Waals surface area contributed by atoms with Crippen LogP contribution in [0.1, 0.15) is 12.1 Å². The second-order valence-corrected chi connectivity index (χ2v) is 5.04. The normalized spacial score (nSPS) is 22.8. The average molecular weight is 315 g/mol. The van der Waals surface area contributed by atoms with Crippen LogP contribution in [-0.4, -0.2) is 36.8 Å². The van der Waals surface area contributed by atoms with Crippen molar-refractivity contribution in [3.8, 4) is 5.75 Å². The van der Waals surface area contributed by atoms with Gasteiger partial charge in [-0.05, 0) is 22.9 Å². The molecule has 1 aromatic heterocycles. The number of ether oxygens (including phenoxy) is 2. The summed E-state index contributed by atoms with van der Waals surface area (Å²) in [6.45, 7) is 2.54. The van der Waals surface area contributed by atoms with E-state index in [4.69, 9.17) is 9.47 Å². The Morgan fingerprint density at radius 3 is 3.00 bits per heavy atom. The largest absolute Gasteiger partial charge is 0.489 e. The van der Waals surface area contributed by atoms with Crippen molar-refractivity contribution in [2.75, 3.05) is 13.7 Å². The predicted octanol–water partition coefficient (Wildman–Crippen LogP) is 1.43. The van der Waals surface area contributed by atoms with E-state index in [1.807, 2.05) is 19.1 Å². The van der Waals surface area contributed by atoms with E-state index >= 15 is 0 Å². The lowest BCUT2D eigenvalue weighted by atomic mass is 10.2. The molecule has 0 aromatic carbocycles. The summed E-state index contributed by atoms with van der Waals surface area (Å²) in [6, 6.07) is 3.42. The number of nitrogens with zero attached hydrogens (tertiary/aromatic N) is 1. The number of nitrogens with one attached hydrogen (secondary N) is 1. The number of esters is 1. The van der Waals surface area contributed by atoms with Gasteiger partial charge in [-0.2, -0.15) is 0 Å². The van der Waals surface area contributed by atoms with Crippen LogP contribution in [0.2, 0.25) is 0 Å². The lowest BCUT2D eigenvalue weighted by Gasteiger charge is -2.13. The van der Waals surface area contributed by atoms with Crippen LogP contribution in [0.4, 0.5) is 0 Å². The Bertz CT molecular complexity index is 433. The summed E-state index contributed by atoms with van der Waals surface area (Å²) in [6.07, 6.45) is 0.592. The molecule has 1 N–H and O–H groups in total. The molecule has 0 spiro atoms. The highest BCUT2D eigenvalue weighted by Gasteiger charge is 2.31. The lowest BCUT2D eigenvalue weighted by Crippen LogP contribution is -2.31. The van der Waals surface area contributed by atoms with Crippen molar-refractivity contribution in [3.63, 3.8) is 0 Å². The number of carbonyl (C=O) groups excluding carboxylic acids is 1. The van der Waals surface area contributed by atoms with Crippen molar-refractivity contribution in [1.29, 1.82) is 0 Å². The maximum Gasteiger partial charge on any atom is 0.323 e. The fraction of sp³-hybridized carbons (Fsp3) is 0.500. The van der Waals surface area contributed by atoms with Gasteiger partial charge >= 0.3 is 5.97 Å². The van der Waals surface area contributed by atoms with E-state index in [9.17, 15) is 4.79 Å². The molecule has 18 heavy (non-hydrogen) atoms. The van der Waals surface area contributed by atoms with Gasteiger partial charge in [0, 0.05) is 30.8 Å². The van der Waals surface area contributed by atoms with Crippen molar-refractivity contribution < 1.29 is 14.3 Å². The summed E-state index contributed by atoms with van der Waals surface area (Å²) >= 11 is 3.33. The summed E-state index contributed by atoms with van der Waals surface area (Å²) < 4.78 is 11.3. The van der Waals surface area contributed by atoms with Gasteiger partial charge in [0.25, 0.3) is 0 Å². The van der Waals surface area contributed by atoms with E-state index in [1.54, 1.807) is 0 Å². The predicted molar refractivity (Wildman–Crippen MR) is 69.5 cm³/mol. The van der Waals surface area contributed by atoms with Gasteiger partial charge in [-0.1, -0.05) is 0 Å². The van der Waals surface area contributed by atoms with Gasteiger partial charge in [0.05, 0.1) is 7.11 Å². The SMILES string of the molecule is COC(=O)C1CC(Oc2cc(C)nc(Br)c2)CN1. The molecule has 0 bridgehead atoms.